The molecule has 35 heavy (non-hydrogen) atoms. The number of nitrogens with zero attached hydrogens (tertiary/aromatic N) is 6. The van der Waals surface area contributed by atoms with Crippen LogP contribution in [0.15, 0.2) is 66.4 Å². The molecule has 0 atom stereocenters. The number of hydrogen-bond donors (Lipinski definition) is 0. The van der Waals surface area contributed by atoms with Crippen LogP contribution in [0.25, 0.3) is 5.70 Å². The summed E-state index contributed by atoms with van der Waals surface area (Å²) in [5, 5.41) is 14.8. The lowest BCUT2D eigenvalue weighted by Gasteiger charge is -2.36. The largest absolute Gasteiger partial charge is 0.297 e. The summed E-state index contributed by atoms with van der Waals surface area (Å²) in [6, 6.07) is 20.2. The Kier molecular flexibility index (Phi) is 6.69. The minimum atomic E-state index is -0.0238. The third-order valence-corrected chi connectivity index (χ3v) is 6.84. The van der Waals surface area contributed by atoms with E-state index in [0.717, 1.165) is 49.6 Å². The number of hydrogen-bond acceptors (Lipinski definition) is 5. The van der Waals surface area contributed by atoms with Crippen LogP contribution in [0.4, 0.5) is 5.82 Å². The minimum Gasteiger partial charge on any atom is -0.297 e. The van der Waals surface area contributed by atoms with Gasteiger partial charge in [0.1, 0.15) is 11.6 Å². The van der Waals surface area contributed by atoms with E-state index in [4.69, 9.17) is 11.6 Å². The maximum Gasteiger partial charge on any atom is 0.242 e. The highest BCUT2D eigenvalue weighted by molar-refractivity contribution is 6.30. The number of amides is 1. The fraction of sp³-hybridized carbons (Fsp3) is 0.296. The molecule has 0 unspecified atom stereocenters. The van der Waals surface area contributed by atoms with Gasteiger partial charge in [0.15, 0.2) is 5.82 Å². The van der Waals surface area contributed by atoms with E-state index >= 15 is 0 Å². The van der Waals surface area contributed by atoms with Crippen molar-refractivity contribution in [3.05, 3.63) is 88.1 Å². The predicted octanol–water partition coefficient (Wildman–Crippen LogP) is 3.85. The highest BCUT2D eigenvalue weighted by atomic mass is 35.5. The highest BCUT2D eigenvalue weighted by Crippen LogP contribution is 2.35. The highest BCUT2D eigenvalue weighted by Gasteiger charge is 2.32. The first-order valence-corrected chi connectivity index (χ1v) is 12.1. The first-order chi connectivity index (χ1) is 17.0. The van der Waals surface area contributed by atoms with Crippen molar-refractivity contribution in [3.8, 4) is 6.07 Å². The third kappa shape index (κ3) is 4.87. The molecule has 0 bridgehead atoms. The van der Waals surface area contributed by atoms with Crippen molar-refractivity contribution in [1.82, 2.24) is 19.6 Å². The molecule has 2 aliphatic heterocycles. The van der Waals surface area contributed by atoms with Gasteiger partial charge in [-0.2, -0.15) is 10.4 Å². The molecule has 1 saturated heterocycles. The molecule has 0 radical (unpaired) electrons. The molecule has 1 aromatic heterocycles. The Hall–Kier alpha value is -3.44. The van der Waals surface area contributed by atoms with Gasteiger partial charge in [-0.15, -0.1) is 0 Å². The van der Waals surface area contributed by atoms with E-state index in [1.54, 1.807) is 9.58 Å². The topological polar surface area (TPSA) is 68.4 Å². The number of aromatic nitrogens is 2. The molecule has 0 spiro atoms. The normalized spacial score (nSPS) is 16.8. The SMILES string of the molecule is CC1=C(c2cccc(Cl)c2)n2ncc(C#N)c2N(C(=O)CN2CCN(Cc3ccccc3)CC2)C1. The molecule has 0 saturated carbocycles. The van der Waals surface area contributed by atoms with Crippen molar-refractivity contribution in [2.24, 2.45) is 0 Å². The number of benzene rings is 2. The number of carbonyl (C=O) groups excluding carboxylic acids is 1. The van der Waals surface area contributed by atoms with E-state index in [9.17, 15) is 10.1 Å². The van der Waals surface area contributed by atoms with Gasteiger partial charge in [0, 0.05) is 43.3 Å². The van der Waals surface area contributed by atoms with Gasteiger partial charge in [-0.1, -0.05) is 54.1 Å². The second kappa shape index (κ2) is 10.0. The predicted molar refractivity (Wildman–Crippen MR) is 137 cm³/mol. The van der Waals surface area contributed by atoms with Crippen molar-refractivity contribution in [2.45, 2.75) is 13.5 Å². The summed E-state index contributed by atoms with van der Waals surface area (Å²) >= 11 is 6.24. The molecular formula is C27H27ClN6O. The van der Waals surface area contributed by atoms with Gasteiger partial charge in [-0.05, 0) is 30.2 Å². The molecule has 178 valence electrons. The van der Waals surface area contributed by atoms with Gasteiger partial charge in [0.05, 0.1) is 25.0 Å². The zero-order valence-corrected chi connectivity index (χ0v) is 20.4. The smallest absolute Gasteiger partial charge is 0.242 e. The van der Waals surface area contributed by atoms with Gasteiger partial charge in [0.25, 0.3) is 0 Å². The Balaban J connectivity index is 1.31. The summed E-state index contributed by atoms with van der Waals surface area (Å²) in [5.41, 5.74) is 4.46. The zero-order chi connectivity index (χ0) is 24.4. The second-order valence-electron chi connectivity index (χ2n) is 9.06. The first kappa shape index (κ1) is 23.3. The number of anilines is 1. The molecule has 2 aliphatic rings. The molecule has 1 amide bonds. The van der Waals surface area contributed by atoms with Gasteiger partial charge in [0.2, 0.25) is 5.91 Å². The summed E-state index contributed by atoms with van der Waals surface area (Å²) in [5.74, 6) is 0.505. The Labute approximate surface area is 210 Å². The summed E-state index contributed by atoms with van der Waals surface area (Å²) in [7, 11) is 0. The molecule has 5 rings (SSSR count). The fourth-order valence-corrected chi connectivity index (χ4v) is 5.04. The van der Waals surface area contributed by atoms with Gasteiger partial charge in [-0.25, -0.2) is 4.68 Å². The number of halogens is 1. The molecule has 0 N–H and O–H groups in total. The van der Waals surface area contributed by atoms with E-state index < -0.39 is 0 Å². The van der Waals surface area contributed by atoms with Gasteiger partial charge in [-0.3, -0.25) is 19.5 Å². The summed E-state index contributed by atoms with van der Waals surface area (Å²) in [6.07, 6.45) is 1.53. The maximum absolute atomic E-state index is 13.5. The monoisotopic (exact) mass is 486 g/mol. The van der Waals surface area contributed by atoms with Gasteiger partial charge >= 0.3 is 0 Å². The van der Waals surface area contributed by atoms with Crippen LogP contribution in [0.5, 0.6) is 0 Å². The molecule has 3 heterocycles. The molecule has 2 aromatic carbocycles. The van der Waals surface area contributed by atoms with Crippen molar-refractivity contribution < 1.29 is 4.79 Å². The van der Waals surface area contributed by atoms with E-state index in [2.05, 4.69) is 45.2 Å². The van der Waals surface area contributed by atoms with E-state index in [1.807, 2.05) is 37.3 Å². The number of nitriles is 1. The van der Waals surface area contributed by atoms with E-state index in [1.165, 1.54) is 11.8 Å². The van der Waals surface area contributed by atoms with Crippen LogP contribution in [0.3, 0.4) is 0 Å². The minimum absolute atomic E-state index is 0.0238. The maximum atomic E-state index is 13.5. The van der Waals surface area contributed by atoms with Crippen molar-refractivity contribution in [1.29, 1.82) is 5.26 Å². The number of fused-ring (bicyclic) bond motifs is 1. The summed E-state index contributed by atoms with van der Waals surface area (Å²) in [4.78, 5) is 19.8. The summed E-state index contributed by atoms with van der Waals surface area (Å²) in [6.45, 7) is 7.15. The van der Waals surface area contributed by atoms with Crippen LogP contribution in [-0.4, -0.2) is 64.8 Å². The lowest BCUT2D eigenvalue weighted by molar-refractivity contribution is -0.120. The quantitative estimate of drug-likeness (QED) is 0.548. The molecular weight excluding hydrogens is 460 g/mol. The Morgan fingerprint density at radius 3 is 2.51 bits per heavy atom. The fourth-order valence-electron chi connectivity index (χ4n) is 4.85. The second-order valence-corrected chi connectivity index (χ2v) is 9.50. The van der Waals surface area contributed by atoms with E-state index in [0.29, 0.717) is 29.5 Å². The van der Waals surface area contributed by atoms with E-state index in [-0.39, 0.29) is 5.91 Å². The Morgan fingerprint density at radius 2 is 1.80 bits per heavy atom. The number of rotatable bonds is 5. The molecule has 8 heteroatoms. The standard InChI is InChI=1S/C27H27ClN6O/c1-20-17-33(25(35)19-32-12-10-31(11-13-32)18-21-6-3-2-4-7-21)27-23(15-29)16-30-34(27)26(20)22-8-5-9-24(28)14-22/h2-9,14,16H,10-13,17-19H2,1H3. The lowest BCUT2D eigenvalue weighted by atomic mass is 10.0. The third-order valence-electron chi connectivity index (χ3n) is 6.60. The van der Waals surface area contributed by atoms with Crippen molar-refractivity contribution in [2.75, 3.05) is 44.2 Å². The van der Waals surface area contributed by atoms with Crippen LogP contribution >= 0.6 is 11.6 Å². The zero-order valence-electron chi connectivity index (χ0n) is 19.7. The first-order valence-electron chi connectivity index (χ1n) is 11.8. The lowest BCUT2D eigenvalue weighted by Crippen LogP contribution is -2.50. The average Bonchev–Trinajstić information content (AvgIpc) is 3.29. The Morgan fingerprint density at radius 1 is 1.06 bits per heavy atom. The van der Waals surface area contributed by atoms with Crippen LogP contribution in [0.2, 0.25) is 5.02 Å². The number of carbonyl (C=O) groups is 1. The summed E-state index contributed by atoms with van der Waals surface area (Å²) < 4.78 is 1.71. The van der Waals surface area contributed by atoms with Crippen LogP contribution < -0.4 is 4.90 Å². The Bertz CT molecular complexity index is 1300. The molecule has 0 aliphatic carbocycles. The van der Waals surface area contributed by atoms with Gasteiger partial charge < -0.3 is 0 Å². The van der Waals surface area contributed by atoms with Crippen molar-refractivity contribution in [3.63, 3.8) is 0 Å². The van der Waals surface area contributed by atoms with Crippen LogP contribution in [-0.2, 0) is 11.3 Å². The van der Waals surface area contributed by atoms with Crippen LogP contribution in [0.1, 0.15) is 23.6 Å². The molecule has 7 nitrogen and oxygen atoms in total. The van der Waals surface area contributed by atoms with Crippen molar-refractivity contribution >= 4 is 29.0 Å². The number of piperazine rings is 1. The average molecular weight is 487 g/mol. The molecule has 3 aromatic rings. The van der Waals surface area contributed by atoms with Crippen LogP contribution in [0, 0.1) is 11.3 Å². The molecule has 1 fully saturated rings.